The average molecular weight is 519 g/mol. The van der Waals surface area contributed by atoms with Crippen molar-refractivity contribution in [2.24, 2.45) is 16.3 Å². The van der Waals surface area contributed by atoms with Crippen LogP contribution in [0.4, 0.5) is 0 Å². The van der Waals surface area contributed by atoms with Gasteiger partial charge in [0.25, 0.3) is 0 Å². The summed E-state index contributed by atoms with van der Waals surface area (Å²) >= 11 is 1.75. The molecule has 0 aliphatic carbocycles. The van der Waals surface area contributed by atoms with Gasteiger partial charge in [-0.1, -0.05) is 0 Å². The lowest BCUT2D eigenvalue weighted by Crippen LogP contribution is -2.44. The Kier molecular flexibility index (Phi) is 7.97. The van der Waals surface area contributed by atoms with Crippen LogP contribution in [-0.2, 0) is 11.3 Å². The van der Waals surface area contributed by atoms with Crippen molar-refractivity contribution in [2.45, 2.75) is 39.2 Å². The quantitative estimate of drug-likeness (QED) is 0.377. The van der Waals surface area contributed by atoms with Gasteiger partial charge in [-0.3, -0.25) is 9.89 Å². The fraction of sp³-hybridized carbons (Fsp3) is 0.800. The van der Waals surface area contributed by atoms with E-state index in [1.165, 1.54) is 49.5 Å². The smallest absolute Gasteiger partial charge is 0.193 e. The first-order valence-corrected chi connectivity index (χ1v) is 11.2. The van der Waals surface area contributed by atoms with Crippen LogP contribution in [0, 0.1) is 18.3 Å². The Morgan fingerprint density at radius 1 is 1.36 bits per heavy atom. The van der Waals surface area contributed by atoms with E-state index in [0.717, 1.165) is 51.3 Å². The normalized spacial score (nSPS) is 26.8. The molecule has 3 aliphatic heterocycles. The largest absolute Gasteiger partial charge is 0.381 e. The predicted octanol–water partition coefficient (Wildman–Crippen LogP) is 2.97. The second kappa shape index (κ2) is 10.0. The highest BCUT2D eigenvalue weighted by Gasteiger charge is 2.42. The number of aromatic nitrogens is 1. The number of rotatable bonds is 4. The van der Waals surface area contributed by atoms with Crippen LogP contribution in [0.25, 0.3) is 0 Å². The van der Waals surface area contributed by atoms with Crippen molar-refractivity contribution in [3.05, 3.63) is 16.1 Å². The molecule has 1 unspecified atom stereocenters. The zero-order valence-corrected chi connectivity index (χ0v) is 20.3. The summed E-state index contributed by atoms with van der Waals surface area (Å²) in [6, 6.07) is 0. The van der Waals surface area contributed by atoms with E-state index in [-0.39, 0.29) is 24.0 Å². The van der Waals surface area contributed by atoms with Crippen LogP contribution in [0.2, 0.25) is 0 Å². The SMILES string of the molecule is CN=C(NCC1CCN(Cc2csc(C)n2)CC1)N1CCC2(CCOC2)C1.I. The Morgan fingerprint density at radius 3 is 2.82 bits per heavy atom. The van der Waals surface area contributed by atoms with Crippen LogP contribution >= 0.6 is 35.3 Å². The first kappa shape index (κ1) is 22.2. The van der Waals surface area contributed by atoms with E-state index in [0.29, 0.717) is 5.41 Å². The topological polar surface area (TPSA) is 53.0 Å². The summed E-state index contributed by atoms with van der Waals surface area (Å²) in [6.45, 7) is 10.5. The number of guanidine groups is 1. The van der Waals surface area contributed by atoms with Crippen LogP contribution in [-0.4, -0.2) is 73.7 Å². The number of likely N-dealkylation sites (tertiary alicyclic amines) is 2. The van der Waals surface area contributed by atoms with Gasteiger partial charge in [-0.2, -0.15) is 0 Å². The van der Waals surface area contributed by atoms with Crippen molar-refractivity contribution in [2.75, 3.05) is 53.0 Å². The Hall–Kier alpha value is -0.450. The fourth-order valence-electron chi connectivity index (χ4n) is 4.71. The Labute approximate surface area is 190 Å². The number of nitrogens with one attached hydrogen (secondary N) is 1. The Balaban J connectivity index is 0.00000225. The van der Waals surface area contributed by atoms with Gasteiger partial charge in [-0.15, -0.1) is 35.3 Å². The molecular weight excluding hydrogens is 485 g/mol. The first-order valence-electron chi connectivity index (χ1n) is 10.3. The number of ether oxygens (including phenoxy) is 1. The molecule has 1 aromatic heterocycles. The minimum Gasteiger partial charge on any atom is -0.381 e. The van der Waals surface area contributed by atoms with Crippen molar-refractivity contribution >= 4 is 41.3 Å². The molecule has 0 aromatic carbocycles. The number of halogens is 1. The maximum atomic E-state index is 5.66. The fourth-order valence-corrected chi connectivity index (χ4v) is 5.32. The number of hydrogen-bond donors (Lipinski definition) is 1. The maximum absolute atomic E-state index is 5.66. The van der Waals surface area contributed by atoms with E-state index < -0.39 is 0 Å². The van der Waals surface area contributed by atoms with E-state index in [9.17, 15) is 0 Å². The molecule has 3 aliphatic rings. The molecule has 3 saturated heterocycles. The second-order valence-corrected chi connectivity index (χ2v) is 9.54. The summed E-state index contributed by atoms with van der Waals surface area (Å²) in [5.74, 6) is 1.82. The molecule has 158 valence electrons. The minimum atomic E-state index is 0. The highest BCUT2D eigenvalue weighted by molar-refractivity contribution is 14.0. The average Bonchev–Trinajstić information content (AvgIpc) is 3.41. The van der Waals surface area contributed by atoms with Gasteiger partial charge in [0.05, 0.1) is 17.3 Å². The third-order valence-electron chi connectivity index (χ3n) is 6.44. The monoisotopic (exact) mass is 519 g/mol. The maximum Gasteiger partial charge on any atom is 0.193 e. The third kappa shape index (κ3) is 5.37. The van der Waals surface area contributed by atoms with Crippen molar-refractivity contribution in [3.8, 4) is 0 Å². The number of hydrogen-bond acceptors (Lipinski definition) is 5. The molecule has 1 atom stereocenters. The summed E-state index contributed by atoms with van der Waals surface area (Å²) in [5, 5.41) is 7.03. The van der Waals surface area contributed by atoms with E-state index in [1.807, 2.05) is 7.05 Å². The van der Waals surface area contributed by atoms with E-state index in [2.05, 4.69) is 37.4 Å². The van der Waals surface area contributed by atoms with E-state index >= 15 is 0 Å². The summed E-state index contributed by atoms with van der Waals surface area (Å²) in [6.07, 6.45) is 4.95. The summed E-state index contributed by atoms with van der Waals surface area (Å²) in [5.41, 5.74) is 1.62. The molecule has 1 N–H and O–H groups in total. The molecule has 28 heavy (non-hydrogen) atoms. The van der Waals surface area contributed by atoms with Gasteiger partial charge in [0.2, 0.25) is 0 Å². The summed E-state index contributed by atoms with van der Waals surface area (Å²) in [7, 11) is 1.91. The lowest BCUT2D eigenvalue weighted by Gasteiger charge is -2.32. The molecule has 8 heteroatoms. The van der Waals surface area contributed by atoms with Crippen LogP contribution in [0.15, 0.2) is 10.4 Å². The molecule has 0 saturated carbocycles. The standard InChI is InChI=1S/C20H33N5OS.HI/c1-16-23-18(13-27-16)12-24-7-3-17(4-8-24)11-22-19(21-2)25-9-5-20(14-25)6-10-26-15-20;/h13,17H,3-12,14-15H2,1-2H3,(H,21,22);1H. The Bertz CT molecular complexity index is 653. The molecule has 1 aromatic rings. The number of nitrogens with zero attached hydrogens (tertiary/aromatic N) is 4. The highest BCUT2D eigenvalue weighted by atomic mass is 127. The van der Waals surface area contributed by atoms with Gasteiger partial charge in [0, 0.05) is 50.6 Å². The number of piperidine rings is 1. The van der Waals surface area contributed by atoms with Gasteiger partial charge in [0.15, 0.2) is 5.96 Å². The molecule has 4 heterocycles. The molecule has 6 nitrogen and oxygen atoms in total. The third-order valence-corrected chi connectivity index (χ3v) is 7.27. The molecule has 4 rings (SSSR count). The van der Waals surface area contributed by atoms with E-state index in [1.54, 1.807) is 11.3 Å². The van der Waals surface area contributed by atoms with E-state index in [4.69, 9.17) is 4.74 Å². The zero-order chi connectivity index (χ0) is 18.7. The van der Waals surface area contributed by atoms with Crippen molar-refractivity contribution in [1.82, 2.24) is 20.1 Å². The minimum absolute atomic E-state index is 0. The number of aliphatic imine (C=N–C) groups is 1. The lowest BCUT2D eigenvalue weighted by atomic mass is 9.87. The van der Waals surface area contributed by atoms with Crippen LogP contribution in [0.5, 0.6) is 0 Å². The molecule has 0 radical (unpaired) electrons. The van der Waals surface area contributed by atoms with Gasteiger partial charge in [-0.25, -0.2) is 4.98 Å². The summed E-state index contributed by atoms with van der Waals surface area (Å²) < 4.78 is 5.66. The van der Waals surface area contributed by atoms with Crippen molar-refractivity contribution < 1.29 is 4.74 Å². The van der Waals surface area contributed by atoms with Crippen LogP contribution in [0.1, 0.15) is 36.4 Å². The predicted molar refractivity (Wildman–Crippen MR) is 126 cm³/mol. The van der Waals surface area contributed by atoms with Crippen LogP contribution in [0.3, 0.4) is 0 Å². The molecule has 0 bridgehead atoms. The van der Waals surface area contributed by atoms with Crippen molar-refractivity contribution in [3.63, 3.8) is 0 Å². The molecule has 3 fully saturated rings. The second-order valence-electron chi connectivity index (χ2n) is 8.48. The number of aryl methyl sites for hydroxylation is 1. The Morgan fingerprint density at radius 2 is 2.18 bits per heavy atom. The number of thiazole rings is 1. The molecule has 0 amide bonds. The molecule has 1 spiro atoms. The zero-order valence-electron chi connectivity index (χ0n) is 17.2. The van der Waals surface area contributed by atoms with Crippen molar-refractivity contribution in [1.29, 1.82) is 0 Å². The van der Waals surface area contributed by atoms with Gasteiger partial charge in [0.1, 0.15) is 0 Å². The molecular formula is C20H34IN5OS. The first-order chi connectivity index (χ1) is 13.2. The summed E-state index contributed by atoms with van der Waals surface area (Å²) in [4.78, 5) is 14.1. The van der Waals surface area contributed by atoms with Gasteiger partial charge in [-0.05, 0) is 51.6 Å². The van der Waals surface area contributed by atoms with Gasteiger partial charge >= 0.3 is 0 Å². The highest BCUT2D eigenvalue weighted by Crippen LogP contribution is 2.38. The lowest BCUT2D eigenvalue weighted by molar-refractivity contribution is 0.156. The van der Waals surface area contributed by atoms with Crippen LogP contribution < -0.4 is 5.32 Å². The van der Waals surface area contributed by atoms with Gasteiger partial charge < -0.3 is 15.0 Å².